The average Bonchev–Trinajstić information content (AvgIpc) is 3.36. The Bertz CT molecular complexity index is 1370. The number of likely N-dealkylation sites (N-methyl/N-ethyl adjacent to an activating group) is 2. The number of hydrogen-bond donors (Lipinski definition) is 3. The van der Waals surface area contributed by atoms with E-state index in [1.165, 1.54) is 6.08 Å². The van der Waals surface area contributed by atoms with Gasteiger partial charge in [-0.3, -0.25) is 4.79 Å². The predicted molar refractivity (Wildman–Crippen MR) is 146 cm³/mol. The van der Waals surface area contributed by atoms with Gasteiger partial charge in [-0.1, -0.05) is 36.9 Å². The molecule has 186 valence electrons. The SMILES string of the molecule is C=CC(=O)Nc1cc(Nc2nc(-c3ccccc3)c3cc[nH]c3n2)c(OC)cc1N(C)CCN(C)C. The molecular formula is C27H31N7O2. The molecule has 36 heavy (non-hydrogen) atoms. The molecule has 2 aromatic heterocycles. The molecule has 0 saturated heterocycles. The van der Waals surface area contributed by atoms with Crippen LogP contribution in [0.25, 0.3) is 22.3 Å². The van der Waals surface area contributed by atoms with E-state index in [0.717, 1.165) is 35.4 Å². The summed E-state index contributed by atoms with van der Waals surface area (Å²) in [6.45, 7) is 5.18. The van der Waals surface area contributed by atoms with Crippen molar-refractivity contribution in [3.63, 3.8) is 0 Å². The Balaban J connectivity index is 1.76. The molecule has 4 rings (SSSR count). The van der Waals surface area contributed by atoms with Crippen LogP contribution in [0.5, 0.6) is 5.75 Å². The number of benzene rings is 2. The van der Waals surface area contributed by atoms with Crippen LogP contribution in [0.2, 0.25) is 0 Å². The van der Waals surface area contributed by atoms with Gasteiger partial charge >= 0.3 is 0 Å². The van der Waals surface area contributed by atoms with Gasteiger partial charge in [0.25, 0.3) is 0 Å². The van der Waals surface area contributed by atoms with E-state index in [4.69, 9.17) is 9.72 Å². The van der Waals surface area contributed by atoms with Crippen LogP contribution >= 0.6 is 0 Å². The van der Waals surface area contributed by atoms with Crippen molar-refractivity contribution in [2.75, 3.05) is 56.9 Å². The van der Waals surface area contributed by atoms with Crippen LogP contribution in [0.4, 0.5) is 23.0 Å². The number of H-pyrrole nitrogens is 1. The van der Waals surface area contributed by atoms with Crippen molar-refractivity contribution in [3.8, 4) is 17.0 Å². The molecule has 0 aliphatic heterocycles. The molecule has 2 heterocycles. The van der Waals surface area contributed by atoms with E-state index in [-0.39, 0.29) is 5.91 Å². The maximum Gasteiger partial charge on any atom is 0.247 e. The molecule has 0 radical (unpaired) electrons. The summed E-state index contributed by atoms with van der Waals surface area (Å²) < 4.78 is 5.71. The highest BCUT2D eigenvalue weighted by Gasteiger charge is 2.18. The molecule has 3 N–H and O–H groups in total. The highest BCUT2D eigenvalue weighted by atomic mass is 16.5. The maximum atomic E-state index is 12.2. The molecule has 9 nitrogen and oxygen atoms in total. The van der Waals surface area contributed by atoms with E-state index < -0.39 is 0 Å². The van der Waals surface area contributed by atoms with Crippen LogP contribution in [0.15, 0.2) is 67.4 Å². The summed E-state index contributed by atoms with van der Waals surface area (Å²) >= 11 is 0. The molecule has 0 spiro atoms. The van der Waals surface area contributed by atoms with Crippen LogP contribution in [0, 0.1) is 0 Å². The van der Waals surface area contributed by atoms with Crippen molar-refractivity contribution in [1.29, 1.82) is 0 Å². The Morgan fingerprint density at radius 2 is 1.86 bits per heavy atom. The van der Waals surface area contributed by atoms with E-state index >= 15 is 0 Å². The first-order chi connectivity index (χ1) is 17.4. The lowest BCUT2D eigenvalue weighted by atomic mass is 10.1. The van der Waals surface area contributed by atoms with Crippen molar-refractivity contribution in [2.45, 2.75) is 0 Å². The van der Waals surface area contributed by atoms with Crippen LogP contribution in [-0.2, 0) is 4.79 Å². The summed E-state index contributed by atoms with van der Waals surface area (Å²) in [5.41, 5.74) is 4.56. The Morgan fingerprint density at radius 3 is 2.56 bits per heavy atom. The smallest absolute Gasteiger partial charge is 0.247 e. The molecule has 0 aliphatic carbocycles. The highest BCUT2D eigenvalue weighted by molar-refractivity contribution is 6.02. The van der Waals surface area contributed by atoms with Crippen LogP contribution in [0.3, 0.4) is 0 Å². The number of fused-ring (bicyclic) bond motifs is 1. The Labute approximate surface area is 210 Å². The third-order valence-electron chi connectivity index (χ3n) is 5.76. The van der Waals surface area contributed by atoms with Gasteiger partial charge in [-0.25, -0.2) is 4.98 Å². The molecule has 4 aromatic rings. The summed E-state index contributed by atoms with van der Waals surface area (Å²) in [6.07, 6.45) is 3.09. The lowest BCUT2D eigenvalue weighted by Gasteiger charge is -2.26. The van der Waals surface area contributed by atoms with Crippen LogP contribution < -0.4 is 20.3 Å². The minimum atomic E-state index is -0.302. The number of carbonyl (C=O) groups excluding carboxylic acids is 1. The van der Waals surface area contributed by atoms with Crippen LogP contribution in [-0.4, -0.2) is 67.1 Å². The van der Waals surface area contributed by atoms with E-state index in [1.807, 2.05) is 75.9 Å². The van der Waals surface area contributed by atoms with Crippen molar-refractivity contribution in [3.05, 3.63) is 67.4 Å². The molecule has 0 atom stereocenters. The zero-order valence-corrected chi connectivity index (χ0v) is 21.0. The normalized spacial score (nSPS) is 10.9. The predicted octanol–water partition coefficient (Wildman–Crippen LogP) is 4.50. The molecule has 0 saturated carbocycles. The lowest BCUT2D eigenvalue weighted by molar-refractivity contribution is -0.111. The second kappa shape index (κ2) is 10.9. The van der Waals surface area contributed by atoms with Crippen molar-refractivity contribution < 1.29 is 9.53 Å². The number of methoxy groups -OCH3 is 1. The number of carbonyl (C=O) groups is 1. The number of aromatic nitrogens is 3. The second-order valence-electron chi connectivity index (χ2n) is 8.61. The Hall–Kier alpha value is -4.37. The molecule has 0 fully saturated rings. The van der Waals surface area contributed by atoms with Crippen molar-refractivity contribution in [2.24, 2.45) is 0 Å². The summed E-state index contributed by atoms with van der Waals surface area (Å²) in [6, 6.07) is 15.6. The molecule has 0 unspecified atom stereocenters. The van der Waals surface area contributed by atoms with Gasteiger partial charge in [-0.2, -0.15) is 4.98 Å². The molecule has 0 bridgehead atoms. The first-order valence-electron chi connectivity index (χ1n) is 11.6. The lowest BCUT2D eigenvalue weighted by Crippen LogP contribution is -2.29. The van der Waals surface area contributed by atoms with Gasteiger partial charge in [0.05, 0.1) is 29.9 Å². The summed E-state index contributed by atoms with van der Waals surface area (Å²) in [5, 5.41) is 7.13. The largest absolute Gasteiger partial charge is 0.494 e. The molecule has 2 aromatic carbocycles. The second-order valence-corrected chi connectivity index (χ2v) is 8.61. The first-order valence-corrected chi connectivity index (χ1v) is 11.6. The first kappa shape index (κ1) is 24.7. The number of anilines is 4. The summed E-state index contributed by atoms with van der Waals surface area (Å²) in [7, 11) is 7.62. The van der Waals surface area contributed by atoms with Crippen molar-refractivity contribution >= 4 is 40.0 Å². The van der Waals surface area contributed by atoms with Gasteiger partial charge in [0.15, 0.2) is 0 Å². The molecule has 1 amide bonds. The van der Waals surface area contributed by atoms with Gasteiger partial charge in [0, 0.05) is 43.4 Å². The number of nitrogens with zero attached hydrogens (tertiary/aromatic N) is 4. The zero-order chi connectivity index (χ0) is 25.7. The third-order valence-corrected chi connectivity index (χ3v) is 5.76. The fourth-order valence-electron chi connectivity index (χ4n) is 3.84. The Kier molecular flexibility index (Phi) is 7.50. The molecule has 0 aliphatic rings. The molecule has 9 heteroatoms. The fourth-order valence-corrected chi connectivity index (χ4v) is 3.84. The number of hydrogen-bond acceptors (Lipinski definition) is 7. The van der Waals surface area contributed by atoms with E-state index in [2.05, 4.69) is 37.0 Å². The zero-order valence-electron chi connectivity index (χ0n) is 21.0. The average molecular weight is 486 g/mol. The van der Waals surface area contributed by atoms with E-state index in [1.54, 1.807) is 7.11 Å². The van der Waals surface area contributed by atoms with Gasteiger partial charge in [0.1, 0.15) is 11.4 Å². The minimum absolute atomic E-state index is 0.302. The highest BCUT2D eigenvalue weighted by Crippen LogP contribution is 2.38. The number of aromatic amines is 1. The van der Waals surface area contributed by atoms with E-state index in [0.29, 0.717) is 28.7 Å². The van der Waals surface area contributed by atoms with Gasteiger partial charge in [0.2, 0.25) is 11.9 Å². The van der Waals surface area contributed by atoms with Gasteiger partial charge in [-0.15, -0.1) is 0 Å². The monoisotopic (exact) mass is 485 g/mol. The summed E-state index contributed by atoms with van der Waals surface area (Å²) in [4.78, 5) is 29.0. The minimum Gasteiger partial charge on any atom is -0.494 e. The van der Waals surface area contributed by atoms with E-state index in [9.17, 15) is 4.79 Å². The maximum absolute atomic E-state index is 12.2. The van der Waals surface area contributed by atoms with Gasteiger partial charge < -0.3 is 30.2 Å². The topological polar surface area (TPSA) is 98.4 Å². The number of amides is 1. The van der Waals surface area contributed by atoms with Crippen molar-refractivity contribution in [1.82, 2.24) is 19.9 Å². The number of nitrogens with one attached hydrogen (secondary N) is 3. The standard InChI is InChI=1S/C27H31N7O2/c1-6-24(35)29-20-16-21(23(36-5)17-22(20)34(4)15-14-33(2)3)30-27-31-25(18-10-8-7-9-11-18)19-12-13-28-26(19)32-27/h6-13,16-17H,1,14-15H2,2-5H3,(H,29,35)(H2,28,30,31,32). The Morgan fingerprint density at radius 1 is 1.08 bits per heavy atom. The quantitative estimate of drug-likeness (QED) is 0.285. The number of rotatable bonds is 10. The van der Waals surface area contributed by atoms with Gasteiger partial charge in [-0.05, 0) is 32.3 Å². The third kappa shape index (κ3) is 5.47. The van der Waals surface area contributed by atoms with Crippen LogP contribution in [0.1, 0.15) is 0 Å². The molecular weight excluding hydrogens is 454 g/mol. The summed E-state index contributed by atoms with van der Waals surface area (Å²) in [5.74, 6) is 0.690. The number of ether oxygens (including phenoxy) is 1. The fraction of sp³-hybridized carbons (Fsp3) is 0.222.